The molecule has 4 nitrogen and oxygen atoms in total. The molecule has 0 bridgehead atoms. The maximum atomic E-state index is 11.8. The summed E-state index contributed by atoms with van der Waals surface area (Å²) in [5.74, 6) is 0.0595. The average molecular weight is 419 g/mol. The number of hydrogen-bond acceptors (Lipinski definition) is 4. The maximum Gasteiger partial charge on any atom is 0.372 e. The van der Waals surface area contributed by atoms with Crippen LogP contribution in [0.25, 0.3) is 22.3 Å². The Labute approximate surface area is 184 Å². The van der Waals surface area contributed by atoms with Gasteiger partial charge in [-0.15, -0.1) is 0 Å². The van der Waals surface area contributed by atoms with E-state index in [1.54, 1.807) is 12.1 Å². The van der Waals surface area contributed by atoms with Gasteiger partial charge in [-0.1, -0.05) is 87.6 Å². The second-order valence-corrected chi connectivity index (χ2v) is 7.65. The van der Waals surface area contributed by atoms with Crippen molar-refractivity contribution >= 4 is 5.97 Å². The van der Waals surface area contributed by atoms with Gasteiger partial charge in [0, 0.05) is 0 Å². The Kier molecular flexibility index (Phi) is 8.68. The van der Waals surface area contributed by atoms with E-state index < -0.39 is 5.97 Å². The smallest absolute Gasteiger partial charge is 0.372 e. The summed E-state index contributed by atoms with van der Waals surface area (Å²) < 4.78 is 5.89. The van der Waals surface area contributed by atoms with Gasteiger partial charge < -0.3 is 4.74 Å². The highest BCUT2D eigenvalue weighted by Gasteiger charge is 2.13. The summed E-state index contributed by atoms with van der Waals surface area (Å²) >= 11 is 0. The van der Waals surface area contributed by atoms with Crippen LogP contribution >= 0.6 is 0 Å². The molecule has 0 aliphatic carbocycles. The normalized spacial score (nSPS) is 10.6. The Morgan fingerprint density at radius 2 is 1.45 bits per heavy atom. The third-order valence-electron chi connectivity index (χ3n) is 5.35. The zero-order valence-electron chi connectivity index (χ0n) is 18.0. The fourth-order valence-electron chi connectivity index (χ4n) is 3.64. The lowest BCUT2D eigenvalue weighted by molar-refractivity contribution is -0.182. The maximum absolute atomic E-state index is 11.8. The molecule has 3 rings (SSSR count). The number of carbonyl (C=O) groups excluding carboxylic acids is 1. The first-order valence-electron chi connectivity index (χ1n) is 11.0. The van der Waals surface area contributed by atoms with Gasteiger partial charge in [0.25, 0.3) is 0 Å². The van der Waals surface area contributed by atoms with Gasteiger partial charge in [-0.05, 0) is 52.9 Å². The van der Waals surface area contributed by atoms with Crippen LogP contribution in [0, 0.1) is 0 Å². The minimum Gasteiger partial charge on any atom is -0.494 e. The summed E-state index contributed by atoms with van der Waals surface area (Å²) in [6.45, 7) is 2.95. The highest BCUT2D eigenvalue weighted by atomic mass is 17.1. The predicted octanol–water partition coefficient (Wildman–Crippen LogP) is 7.39. The zero-order valence-corrected chi connectivity index (χ0v) is 18.0. The molecule has 3 aromatic carbocycles. The largest absolute Gasteiger partial charge is 0.494 e. The number of benzene rings is 3. The molecule has 162 valence electrons. The van der Waals surface area contributed by atoms with Crippen LogP contribution in [0.2, 0.25) is 0 Å². The Balaban J connectivity index is 1.74. The monoisotopic (exact) mass is 418 g/mol. The summed E-state index contributed by atoms with van der Waals surface area (Å²) in [7, 11) is 0. The van der Waals surface area contributed by atoms with E-state index in [2.05, 4.69) is 11.8 Å². The lowest BCUT2D eigenvalue weighted by atomic mass is 9.93. The molecule has 0 saturated carbocycles. The van der Waals surface area contributed by atoms with E-state index >= 15 is 0 Å². The number of ether oxygens (including phenoxy) is 1. The van der Waals surface area contributed by atoms with Crippen LogP contribution in [0.5, 0.6) is 5.75 Å². The molecule has 0 radical (unpaired) electrons. The fourth-order valence-corrected chi connectivity index (χ4v) is 3.64. The van der Waals surface area contributed by atoms with Crippen LogP contribution in [-0.4, -0.2) is 17.8 Å². The number of unbranched alkanes of at least 4 members (excludes halogenated alkanes) is 5. The van der Waals surface area contributed by atoms with Gasteiger partial charge in [0.15, 0.2) is 0 Å². The predicted molar refractivity (Wildman–Crippen MR) is 124 cm³/mol. The number of hydrogen-bond donors (Lipinski definition) is 1. The first-order valence-corrected chi connectivity index (χ1v) is 11.0. The van der Waals surface area contributed by atoms with Gasteiger partial charge in [-0.25, -0.2) is 4.79 Å². The van der Waals surface area contributed by atoms with Gasteiger partial charge in [-0.2, -0.15) is 5.26 Å². The fraction of sp³-hybridized carbons (Fsp3) is 0.296. The molecule has 31 heavy (non-hydrogen) atoms. The summed E-state index contributed by atoms with van der Waals surface area (Å²) in [6, 6.07) is 23.2. The quantitative estimate of drug-likeness (QED) is 0.200. The van der Waals surface area contributed by atoms with Crippen molar-refractivity contribution in [2.75, 3.05) is 6.61 Å². The van der Waals surface area contributed by atoms with E-state index in [1.807, 2.05) is 60.7 Å². The van der Waals surface area contributed by atoms with Crippen LogP contribution in [0.15, 0.2) is 72.8 Å². The second-order valence-electron chi connectivity index (χ2n) is 7.65. The van der Waals surface area contributed by atoms with Gasteiger partial charge in [0.2, 0.25) is 0 Å². The highest BCUT2D eigenvalue weighted by Crippen LogP contribution is 2.34. The highest BCUT2D eigenvalue weighted by molar-refractivity contribution is 5.94. The molecular weight excluding hydrogens is 388 g/mol. The molecule has 0 spiro atoms. The van der Waals surface area contributed by atoms with Crippen LogP contribution < -0.4 is 4.74 Å². The SMILES string of the molecule is CCCCCCCCOc1ccc(-c2cc(C(=O)OO)ccc2-c2ccccc2)cc1. The summed E-state index contributed by atoms with van der Waals surface area (Å²) in [5, 5.41) is 8.77. The van der Waals surface area contributed by atoms with Crippen LogP contribution in [0.3, 0.4) is 0 Å². The first kappa shape index (κ1) is 22.6. The van der Waals surface area contributed by atoms with Crippen LogP contribution in [0.1, 0.15) is 55.8 Å². The molecule has 0 aliphatic rings. The van der Waals surface area contributed by atoms with E-state index in [9.17, 15) is 4.79 Å². The molecule has 0 aliphatic heterocycles. The molecule has 0 heterocycles. The van der Waals surface area contributed by atoms with E-state index in [0.717, 1.165) is 41.0 Å². The average Bonchev–Trinajstić information content (AvgIpc) is 2.83. The van der Waals surface area contributed by atoms with Crippen molar-refractivity contribution in [3.8, 4) is 28.0 Å². The van der Waals surface area contributed by atoms with Gasteiger partial charge >= 0.3 is 5.97 Å². The standard InChI is InChI=1S/C27H30O4/c1-2-3-4-5-6-10-19-30-24-16-13-22(14-17-24)26-20-23(27(28)31-29)15-18-25(26)21-11-8-7-9-12-21/h7-9,11-18,20,29H,2-6,10,19H2,1H3. The topological polar surface area (TPSA) is 55.8 Å². The van der Waals surface area contributed by atoms with Crippen LogP contribution in [-0.2, 0) is 4.89 Å². The molecule has 0 unspecified atom stereocenters. The lowest BCUT2D eigenvalue weighted by Gasteiger charge is -2.13. The molecule has 0 amide bonds. The van der Waals surface area contributed by atoms with Crippen molar-refractivity contribution in [2.24, 2.45) is 0 Å². The van der Waals surface area contributed by atoms with E-state index in [4.69, 9.17) is 9.99 Å². The van der Waals surface area contributed by atoms with Crippen molar-refractivity contribution in [1.82, 2.24) is 0 Å². The third kappa shape index (κ3) is 6.43. The molecule has 0 aromatic heterocycles. The van der Waals surface area contributed by atoms with Gasteiger partial charge in [0.1, 0.15) is 5.75 Å². The molecular formula is C27H30O4. The Hall–Kier alpha value is -3.11. The first-order chi connectivity index (χ1) is 15.2. The molecule has 3 aromatic rings. The van der Waals surface area contributed by atoms with Gasteiger partial charge in [0.05, 0.1) is 12.2 Å². The lowest BCUT2D eigenvalue weighted by Crippen LogP contribution is -2.02. The van der Waals surface area contributed by atoms with Crippen LogP contribution in [0.4, 0.5) is 0 Å². The molecule has 0 fully saturated rings. The molecule has 1 N–H and O–H groups in total. The summed E-state index contributed by atoms with van der Waals surface area (Å²) in [6.07, 6.45) is 7.41. The Morgan fingerprint density at radius 1 is 0.774 bits per heavy atom. The Bertz CT molecular complexity index is 949. The van der Waals surface area contributed by atoms with E-state index in [-0.39, 0.29) is 0 Å². The van der Waals surface area contributed by atoms with Crippen molar-refractivity contribution in [2.45, 2.75) is 45.4 Å². The van der Waals surface area contributed by atoms with E-state index in [1.165, 1.54) is 32.1 Å². The Morgan fingerprint density at radius 3 is 2.16 bits per heavy atom. The zero-order chi connectivity index (χ0) is 21.9. The number of carbonyl (C=O) groups is 1. The number of rotatable bonds is 11. The van der Waals surface area contributed by atoms with Gasteiger partial charge in [-0.3, -0.25) is 4.89 Å². The second kappa shape index (κ2) is 11.9. The minimum absolute atomic E-state index is 0.292. The molecule has 0 atom stereocenters. The summed E-state index contributed by atoms with van der Waals surface area (Å²) in [4.78, 5) is 15.8. The van der Waals surface area contributed by atoms with E-state index in [0.29, 0.717) is 5.56 Å². The molecule has 0 saturated heterocycles. The van der Waals surface area contributed by atoms with Crippen molar-refractivity contribution in [3.63, 3.8) is 0 Å². The molecule has 4 heteroatoms. The van der Waals surface area contributed by atoms with Crippen molar-refractivity contribution in [3.05, 3.63) is 78.4 Å². The minimum atomic E-state index is -0.778. The van der Waals surface area contributed by atoms with Crippen molar-refractivity contribution < 1.29 is 19.7 Å². The van der Waals surface area contributed by atoms with Crippen molar-refractivity contribution in [1.29, 1.82) is 0 Å². The summed E-state index contributed by atoms with van der Waals surface area (Å²) in [5.41, 5.74) is 4.18. The third-order valence-corrected chi connectivity index (χ3v) is 5.35.